The minimum Gasteiger partial charge on any atom is -0.372 e. The van der Waals surface area contributed by atoms with E-state index in [1.165, 1.54) is 0 Å². The summed E-state index contributed by atoms with van der Waals surface area (Å²) < 4.78 is 7.65. The number of benzene rings is 3. The van der Waals surface area contributed by atoms with E-state index < -0.39 is 0 Å². The third kappa shape index (κ3) is 3.95. The Morgan fingerprint density at radius 1 is 0.971 bits per heavy atom. The molecule has 34 heavy (non-hydrogen) atoms. The summed E-state index contributed by atoms with van der Waals surface area (Å²) in [5, 5.41) is 4.05. The molecular weight excluding hydrogens is 424 g/mol. The molecule has 6 nitrogen and oxygen atoms in total. The van der Waals surface area contributed by atoms with Crippen LogP contribution >= 0.6 is 0 Å². The zero-order chi connectivity index (χ0) is 23.8. The van der Waals surface area contributed by atoms with Crippen LogP contribution in [0, 0.1) is 6.57 Å². The Hall–Kier alpha value is -3.95. The number of para-hydroxylation sites is 1. The lowest BCUT2D eigenvalue weighted by Crippen LogP contribution is -2.45. The number of nitrogens with one attached hydrogen (secondary N) is 1. The number of aromatic amines is 1. The van der Waals surface area contributed by atoms with Gasteiger partial charge in [-0.1, -0.05) is 36.4 Å². The molecule has 5 rings (SSSR count). The number of aryl methyl sites for hydroxylation is 1. The van der Waals surface area contributed by atoms with Crippen molar-refractivity contribution in [1.82, 2.24) is 5.10 Å². The zero-order valence-electron chi connectivity index (χ0n) is 19.6. The van der Waals surface area contributed by atoms with E-state index in [1.54, 1.807) is 16.8 Å². The van der Waals surface area contributed by atoms with Crippen molar-refractivity contribution in [2.45, 2.75) is 26.1 Å². The van der Waals surface area contributed by atoms with E-state index in [0.717, 1.165) is 41.0 Å². The van der Waals surface area contributed by atoms with Crippen molar-refractivity contribution in [3.05, 3.63) is 88.4 Å². The van der Waals surface area contributed by atoms with Crippen LogP contribution in [0.4, 0.5) is 11.4 Å². The highest BCUT2D eigenvalue weighted by Crippen LogP contribution is 2.28. The molecule has 2 atom stereocenters. The second kappa shape index (κ2) is 8.77. The Kier molecular flexibility index (Phi) is 5.64. The number of fused-ring (bicyclic) bond motifs is 1. The Balaban J connectivity index is 1.55. The first-order chi connectivity index (χ1) is 16.4. The van der Waals surface area contributed by atoms with Gasteiger partial charge in [-0.05, 0) is 49.7 Å². The lowest BCUT2D eigenvalue weighted by molar-refractivity contribution is -0.718. The molecule has 0 radical (unpaired) electrons. The molecule has 0 unspecified atom stereocenters. The normalized spacial score (nSPS) is 18.1. The minimum atomic E-state index is -0.0164. The van der Waals surface area contributed by atoms with Crippen molar-refractivity contribution in [2.24, 2.45) is 7.05 Å². The van der Waals surface area contributed by atoms with Crippen LogP contribution in [0.25, 0.3) is 38.1 Å². The van der Waals surface area contributed by atoms with Crippen LogP contribution in [0.5, 0.6) is 0 Å². The number of ether oxygens (including phenoxy) is 1. The van der Waals surface area contributed by atoms with Crippen molar-refractivity contribution < 1.29 is 9.42 Å². The van der Waals surface area contributed by atoms with Gasteiger partial charge in [0.15, 0.2) is 12.7 Å². The van der Waals surface area contributed by atoms with Crippen LogP contribution in [0.3, 0.4) is 0 Å². The van der Waals surface area contributed by atoms with E-state index in [0.29, 0.717) is 16.8 Å². The molecule has 4 aromatic rings. The zero-order valence-corrected chi connectivity index (χ0v) is 19.6. The smallest absolute Gasteiger partial charge is 0.284 e. The molecule has 0 aliphatic carbocycles. The van der Waals surface area contributed by atoms with Crippen LogP contribution in [-0.4, -0.2) is 30.4 Å². The standard InChI is InChI=1S/C28H26N4O2/c1-18-16-32(17-19(2)34-18)23-14-10-21(11-15-23)27-28(33)25-7-5-6-24(26(25)30-31(27)4)20-8-12-22(29-3)13-9-20/h5-15,18-19H,16-17H2,1-2,4H3/p+1/t18-,19+. The second-order valence-electron chi connectivity index (χ2n) is 8.94. The number of anilines is 1. The monoisotopic (exact) mass is 451 g/mol. The van der Waals surface area contributed by atoms with E-state index in [2.05, 4.69) is 40.8 Å². The van der Waals surface area contributed by atoms with Crippen LogP contribution in [0.1, 0.15) is 13.8 Å². The molecule has 6 heteroatoms. The Bertz CT molecular complexity index is 1440. The van der Waals surface area contributed by atoms with Crippen LogP contribution in [0.2, 0.25) is 0 Å². The fraction of sp³-hybridized carbons (Fsp3) is 0.250. The van der Waals surface area contributed by atoms with E-state index >= 15 is 0 Å². The predicted octanol–water partition coefficient (Wildman–Crippen LogP) is 4.85. The van der Waals surface area contributed by atoms with Crippen molar-refractivity contribution in [2.75, 3.05) is 18.0 Å². The summed E-state index contributed by atoms with van der Waals surface area (Å²) >= 11 is 0. The first kappa shape index (κ1) is 21.9. The molecule has 1 fully saturated rings. The quantitative estimate of drug-likeness (QED) is 0.358. The molecule has 0 spiro atoms. The molecule has 1 aromatic heterocycles. The number of aromatic nitrogens is 2. The van der Waals surface area contributed by atoms with E-state index in [1.807, 2.05) is 49.5 Å². The molecule has 0 bridgehead atoms. The molecule has 0 saturated carbocycles. The molecule has 1 N–H and O–H groups in total. The Morgan fingerprint density at radius 3 is 2.26 bits per heavy atom. The van der Waals surface area contributed by atoms with Crippen molar-refractivity contribution >= 4 is 22.3 Å². The lowest BCUT2D eigenvalue weighted by Gasteiger charge is -2.36. The second-order valence-corrected chi connectivity index (χ2v) is 8.94. The molecule has 3 aromatic carbocycles. The van der Waals surface area contributed by atoms with Gasteiger partial charge in [-0.2, -0.15) is 5.10 Å². The number of rotatable bonds is 3. The van der Waals surface area contributed by atoms with Gasteiger partial charge in [0.2, 0.25) is 0 Å². The van der Waals surface area contributed by atoms with Crippen molar-refractivity contribution in [3.63, 3.8) is 0 Å². The van der Waals surface area contributed by atoms with Crippen molar-refractivity contribution in [3.8, 4) is 22.4 Å². The molecule has 0 amide bonds. The Labute approximate surface area is 198 Å². The summed E-state index contributed by atoms with van der Waals surface area (Å²) in [7, 11) is 1.87. The highest BCUT2D eigenvalue weighted by molar-refractivity contribution is 5.94. The van der Waals surface area contributed by atoms with Gasteiger partial charge < -0.3 is 9.64 Å². The molecule has 1 saturated heterocycles. The Morgan fingerprint density at radius 2 is 1.62 bits per heavy atom. The first-order valence-electron chi connectivity index (χ1n) is 11.5. The average Bonchev–Trinajstić information content (AvgIpc) is 2.84. The summed E-state index contributed by atoms with van der Waals surface area (Å²) in [6, 6.07) is 21.4. The summed E-state index contributed by atoms with van der Waals surface area (Å²) in [5.74, 6) is 0. The maximum atomic E-state index is 13.6. The van der Waals surface area contributed by atoms with Gasteiger partial charge in [0.25, 0.3) is 11.1 Å². The average molecular weight is 452 g/mol. The predicted molar refractivity (Wildman–Crippen MR) is 135 cm³/mol. The van der Waals surface area contributed by atoms with E-state index in [4.69, 9.17) is 11.3 Å². The highest BCUT2D eigenvalue weighted by Gasteiger charge is 2.24. The maximum absolute atomic E-state index is 13.6. The molecular formula is C28H27N4O2+. The molecule has 2 heterocycles. The fourth-order valence-electron chi connectivity index (χ4n) is 4.87. The van der Waals surface area contributed by atoms with Gasteiger partial charge in [0.1, 0.15) is 5.52 Å². The lowest BCUT2D eigenvalue weighted by atomic mass is 10.0. The summed E-state index contributed by atoms with van der Waals surface area (Å²) in [4.78, 5) is 19.4. The van der Waals surface area contributed by atoms with Crippen LogP contribution in [-0.2, 0) is 11.8 Å². The van der Waals surface area contributed by atoms with Gasteiger partial charge in [-0.15, -0.1) is 4.68 Å². The first-order valence-corrected chi connectivity index (χ1v) is 11.5. The highest BCUT2D eigenvalue weighted by atomic mass is 16.5. The molecule has 1 aliphatic rings. The number of hydrogen-bond acceptors (Lipinski definition) is 3. The molecule has 1 aliphatic heterocycles. The van der Waals surface area contributed by atoms with Gasteiger partial charge in [0.05, 0.1) is 29.7 Å². The van der Waals surface area contributed by atoms with E-state index in [9.17, 15) is 4.79 Å². The van der Waals surface area contributed by atoms with Gasteiger partial charge in [-0.25, -0.2) is 4.85 Å². The summed E-state index contributed by atoms with van der Waals surface area (Å²) in [5.41, 5.74) is 5.86. The van der Waals surface area contributed by atoms with Gasteiger partial charge >= 0.3 is 0 Å². The third-order valence-corrected chi connectivity index (χ3v) is 6.37. The number of hydrogen-bond donors (Lipinski definition) is 1. The minimum absolute atomic E-state index is 0.0164. The number of H-pyrrole nitrogens is 1. The van der Waals surface area contributed by atoms with Crippen LogP contribution < -0.4 is 15.0 Å². The van der Waals surface area contributed by atoms with Gasteiger partial charge in [0, 0.05) is 24.3 Å². The summed E-state index contributed by atoms with van der Waals surface area (Å²) in [6.45, 7) is 13.1. The van der Waals surface area contributed by atoms with E-state index in [-0.39, 0.29) is 17.6 Å². The largest absolute Gasteiger partial charge is 0.372 e. The van der Waals surface area contributed by atoms with Crippen LogP contribution in [0.15, 0.2) is 71.5 Å². The fourth-order valence-corrected chi connectivity index (χ4v) is 4.87. The maximum Gasteiger partial charge on any atom is 0.284 e. The third-order valence-electron chi connectivity index (χ3n) is 6.37. The number of nitrogens with zero attached hydrogens (tertiary/aromatic N) is 3. The summed E-state index contributed by atoms with van der Waals surface area (Å²) in [6.07, 6.45) is 0.382. The number of morpholine rings is 1. The van der Waals surface area contributed by atoms with Crippen molar-refractivity contribution in [1.29, 1.82) is 0 Å². The SMILES string of the molecule is [C-]#[N+]c1ccc(-c2cccc3c(=O)c(-c4ccc(N5C[C@@H](C)O[C@@H](C)C5)cc4)[n+](C)[nH]c23)cc1. The topological polar surface area (TPSA) is 53.6 Å². The van der Waals surface area contributed by atoms with Gasteiger partial charge in [-0.3, -0.25) is 4.79 Å². The molecule has 170 valence electrons.